The zero-order chi connectivity index (χ0) is 12.5. The first-order chi connectivity index (χ1) is 8.75. The summed E-state index contributed by atoms with van der Waals surface area (Å²) in [4.78, 5) is 12.3. The van der Waals surface area contributed by atoms with Gasteiger partial charge < -0.3 is 5.32 Å². The minimum Gasteiger partial charge on any atom is -0.303 e. The molecule has 0 radical (unpaired) electrons. The van der Waals surface area contributed by atoms with Crippen LogP contribution in [-0.4, -0.2) is 26.8 Å². The van der Waals surface area contributed by atoms with E-state index < -0.39 is 0 Å². The van der Waals surface area contributed by atoms with Crippen LogP contribution in [0.2, 0.25) is 0 Å². The second-order valence-corrected chi connectivity index (χ2v) is 4.51. The van der Waals surface area contributed by atoms with Gasteiger partial charge in [-0.15, -0.1) is 5.10 Å². The van der Waals surface area contributed by atoms with Crippen molar-refractivity contribution in [1.82, 2.24) is 20.3 Å². The number of Topliss-reactive ketones (excluding diaryl/α,β-unsaturated/α-hetero) is 1. The molecule has 0 fully saturated rings. The minimum atomic E-state index is -0.183. The summed E-state index contributed by atoms with van der Waals surface area (Å²) in [6, 6.07) is 8.02. The van der Waals surface area contributed by atoms with E-state index in [0.717, 1.165) is 13.0 Å². The molecule has 0 bridgehead atoms. The van der Waals surface area contributed by atoms with Crippen LogP contribution in [0.3, 0.4) is 0 Å². The molecule has 92 valence electrons. The molecule has 0 saturated heterocycles. The van der Waals surface area contributed by atoms with Crippen molar-refractivity contribution in [2.24, 2.45) is 7.05 Å². The summed E-state index contributed by atoms with van der Waals surface area (Å²) < 4.78 is 1.52. The molecule has 5 nitrogen and oxygen atoms in total. The van der Waals surface area contributed by atoms with Crippen molar-refractivity contribution in [3.05, 3.63) is 47.3 Å². The molecule has 0 amide bonds. The molecule has 0 aliphatic carbocycles. The molecule has 1 atom stereocenters. The third kappa shape index (κ3) is 1.82. The fourth-order valence-corrected chi connectivity index (χ4v) is 2.33. The van der Waals surface area contributed by atoms with E-state index in [1.807, 2.05) is 12.1 Å². The van der Waals surface area contributed by atoms with Crippen molar-refractivity contribution < 1.29 is 4.79 Å². The number of ketones is 1. The number of hydrogen-bond donors (Lipinski definition) is 1. The highest BCUT2D eigenvalue weighted by atomic mass is 16.1. The van der Waals surface area contributed by atoms with Crippen LogP contribution in [-0.2, 0) is 20.0 Å². The smallest absolute Gasteiger partial charge is 0.199 e. The molecule has 5 heteroatoms. The number of rotatable bonds is 2. The lowest BCUT2D eigenvalue weighted by atomic mass is 9.93. The molecule has 1 unspecified atom stereocenters. The maximum atomic E-state index is 12.3. The second-order valence-electron chi connectivity index (χ2n) is 4.51. The minimum absolute atomic E-state index is 0.0528. The number of hydrogen-bond acceptors (Lipinski definition) is 4. The number of carbonyl (C=O) groups is 1. The maximum absolute atomic E-state index is 12.3. The zero-order valence-electron chi connectivity index (χ0n) is 10.1. The van der Waals surface area contributed by atoms with Crippen molar-refractivity contribution >= 4 is 5.78 Å². The molecule has 1 aromatic heterocycles. The molecule has 1 aliphatic rings. The Morgan fingerprint density at radius 3 is 2.89 bits per heavy atom. The van der Waals surface area contributed by atoms with E-state index in [9.17, 15) is 4.79 Å². The molecule has 18 heavy (non-hydrogen) atoms. The Kier molecular flexibility index (Phi) is 2.68. The highest BCUT2D eigenvalue weighted by molar-refractivity contribution is 5.98. The summed E-state index contributed by atoms with van der Waals surface area (Å²) in [7, 11) is 1.73. The Labute approximate surface area is 105 Å². The van der Waals surface area contributed by atoms with E-state index in [4.69, 9.17) is 0 Å². The van der Waals surface area contributed by atoms with Crippen molar-refractivity contribution in [2.45, 2.75) is 19.0 Å². The topological polar surface area (TPSA) is 59.8 Å². The highest BCUT2D eigenvalue weighted by Gasteiger charge is 2.26. The normalized spacial score (nSPS) is 18.4. The average molecular weight is 242 g/mol. The second kappa shape index (κ2) is 4.34. The number of nitrogens with zero attached hydrogens (tertiary/aromatic N) is 3. The van der Waals surface area contributed by atoms with E-state index in [0.29, 0.717) is 5.69 Å². The van der Waals surface area contributed by atoms with E-state index >= 15 is 0 Å². The van der Waals surface area contributed by atoms with Crippen LogP contribution in [0, 0.1) is 0 Å². The molecule has 0 spiro atoms. The van der Waals surface area contributed by atoms with Crippen LogP contribution in [0.1, 0.15) is 21.6 Å². The highest BCUT2D eigenvalue weighted by Crippen LogP contribution is 2.18. The molecule has 1 aliphatic heterocycles. The first-order valence-electron chi connectivity index (χ1n) is 5.95. The summed E-state index contributed by atoms with van der Waals surface area (Å²) in [6.45, 7) is 0.734. The lowest BCUT2D eigenvalue weighted by Crippen LogP contribution is -2.42. The summed E-state index contributed by atoms with van der Waals surface area (Å²) in [5.74, 6) is 0.0528. The SMILES string of the molecule is Cn1nncc1C(=O)C1Cc2ccccc2CN1. The first kappa shape index (κ1) is 11.1. The predicted octanol–water partition coefficient (Wildman–Crippen LogP) is 0.712. The molecular weight excluding hydrogens is 228 g/mol. The fourth-order valence-electron chi connectivity index (χ4n) is 2.33. The number of benzene rings is 1. The van der Waals surface area contributed by atoms with Gasteiger partial charge in [0.15, 0.2) is 5.78 Å². The summed E-state index contributed by atoms with van der Waals surface area (Å²) in [5.41, 5.74) is 3.06. The van der Waals surface area contributed by atoms with Gasteiger partial charge in [-0.05, 0) is 17.5 Å². The number of aryl methyl sites for hydroxylation is 1. The number of fused-ring (bicyclic) bond motifs is 1. The lowest BCUT2D eigenvalue weighted by Gasteiger charge is -2.24. The Bertz CT molecular complexity index is 590. The van der Waals surface area contributed by atoms with Gasteiger partial charge in [-0.1, -0.05) is 29.5 Å². The Balaban J connectivity index is 1.84. The van der Waals surface area contributed by atoms with E-state index in [2.05, 4.69) is 27.8 Å². The van der Waals surface area contributed by atoms with Crippen molar-refractivity contribution in [3.63, 3.8) is 0 Å². The Morgan fingerprint density at radius 2 is 2.17 bits per heavy atom. The number of carbonyl (C=O) groups excluding carboxylic acids is 1. The van der Waals surface area contributed by atoms with Crippen LogP contribution in [0.25, 0.3) is 0 Å². The standard InChI is InChI=1S/C13H14N4O/c1-17-12(8-15-16-17)13(18)11-6-9-4-2-3-5-10(9)7-14-11/h2-5,8,11,14H,6-7H2,1H3. The maximum Gasteiger partial charge on any atom is 0.199 e. The van der Waals surface area contributed by atoms with E-state index in [1.54, 1.807) is 7.05 Å². The van der Waals surface area contributed by atoms with Gasteiger partial charge in [0.25, 0.3) is 0 Å². The predicted molar refractivity (Wildman–Crippen MR) is 66.1 cm³/mol. The van der Waals surface area contributed by atoms with Crippen LogP contribution in [0.15, 0.2) is 30.5 Å². The van der Waals surface area contributed by atoms with Crippen molar-refractivity contribution in [1.29, 1.82) is 0 Å². The summed E-state index contributed by atoms with van der Waals surface area (Å²) in [5, 5.41) is 10.8. The molecule has 1 aromatic carbocycles. The van der Waals surface area contributed by atoms with Crippen molar-refractivity contribution in [2.75, 3.05) is 0 Å². The van der Waals surface area contributed by atoms with Gasteiger partial charge >= 0.3 is 0 Å². The molecule has 2 heterocycles. The quantitative estimate of drug-likeness (QED) is 0.788. The number of aromatic nitrogens is 3. The van der Waals surface area contributed by atoms with Crippen molar-refractivity contribution in [3.8, 4) is 0 Å². The van der Waals surface area contributed by atoms with Crippen LogP contribution in [0.4, 0.5) is 0 Å². The summed E-state index contributed by atoms with van der Waals surface area (Å²) >= 11 is 0. The third-order valence-electron chi connectivity index (χ3n) is 3.36. The van der Waals surface area contributed by atoms with Gasteiger partial charge in [0, 0.05) is 13.6 Å². The Hall–Kier alpha value is -2.01. The van der Waals surface area contributed by atoms with Gasteiger partial charge in [0.1, 0.15) is 5.69 Å². The van der Waals surface area contributed by atoms with Gasteiger partial charge in [0.05, 0.1) is 12.2 Å². The zero-order valence-corrected chi connectivity index (χ0v) is 10.1. The average Bonchev–Trinajstić information content (AvgIpc) is 2.83. The molecule has 2 aromatic rings. The van der Waals surface area contributed by atoms with Gasteiger partial charge in [-0.3, -0.25) is 4.79 Å². The third-order valence-corrected chi connectivity index (χ3v) is 3.36. The van der Waals surface area contributed by atoms with Gasteiger partial charge in [0.2, 0.25) is 0 Å². The van der Waals surface area contributed by atoms with Gasteiger partial charge in [-0.2, -0.15) is 0 Å². The largest absolute Gasteiger partial charge is 0.303 e. The van der Waals surface area contributed by atoms with Gasteiger partial charge in [-0.25, -0.2) is 4.68 Å². The summed E-state index contributed by atoms with van der Waals surface area (Å²) in [6.07, 6.45) is 2.24. The van der Waals surface area contributed by atoms with Crippen LogP contribution < -0.4 is 5.32 Å². The molecule has 1 N–H and O–H groups in total. The number of nitrogens with one attached hydrogen (secondary N) is 1. The van der Waals surface area contributed by atoms with Crippen LogP contribution in [0.5, 0.6) is 0 Å². The van der Waals surface area contributed by atoms with E-state index in [1.165, 1.54) is 22.0 Å². The monoisotopic (exact) mass is 242 g/mol. The fraction of sp³-hybridized carbons (Fsp3) is 0.308. The Morgan fingerprint density at radius 1 is 1.39 bits per heavy atom. The molecular formula is C13H14N4O. The first-order valence-corrected chi connectivity index (χ1v) is 5.95. The van der Waals surface area contributed by atoms with E-state index in [-0.39, 0.29) is 11.8 Å². The lowest BCUT2D eigenvalue weighted by molar-refractivity contribution is 0.0928. The molecule has 3 rings (SSSR count). The van der Waals surface area contributed by atoms with Crippen LogP contribution >= 0.6 is 0 Å². The molecule has 0 saturated carbocycles.